The van der Waals surface area contributed by atoms with E-state index in [0.29, 0.717) is 17.4 Å². The molecule has 96 valence electrons. The zero-order valence-corrected chi connectivity index (χ0v) is 12.4. The van der Waals surface area contributed by atoms with Crippen molar-refractivity contribution < 1.29 is 0 Å². The Hall–Kier alpha value is -0.410. The summed E-state index contributed by atoms with van der Waals surface area (Å²) in [7, 11) is 2.07. The lowest BCUT2D eigenvalue weighted by molar-refractivity contribution is 0.265. The first-order chi connectivity index (χ1) is 7.91. The van der Waals surface area contributed by atoms with Crippen LogP contribution >= 0.6 is 11.3 Å². The van der Waals surface area contributed by atoms with Crippen LogP contribution in [0, 0.1) is 11.3 Å². The lowest BCUT2D eigenvalue weighted by Gasteiger charge is -2.34. The minimum Gasteiger partial charge on any atom is -0.312 e. The van der Waals surface area contributed by atoms with Gasteiger partial charge in [-0.05, 0) is 31.2 Å². The molecule has 1 unspecified atom stereocenters. The van der Waals surface area contributed by atoms with Crippen molar-refractivity contribution in [1.82, 2.24) is 10.3 Å². The normalized spacial score (nSPS) is 22.8. The highest BCUT2D eigenvalue weighted by atomic mass is 32.1. The number of nitrogens with zero attached hydrogens (tertiary/aromatic N) is 1. The summed E-state index contributed by atoms with van der Waals surface area (Å²) in [5.41, 5.74) is 1.73. The van der Waals surface area contributed by atoms with E-state index in [-0.39, 0.29) is 0 Å². The molecule has 0 spiro atoms. The Morgan fingerprint density at radius 2 is 2.18 bits per heavy atom. The third-order valence-electron chi connectivity index (χ3n) is 3.42. The van der Waals surface area contributed by atoms with Gasteiger partial charge < -0.3 is 5.32 Å². The van der Waals surface area contributed by atoms with E-state index in [2.05, 4.69) is 40.1 Å². The largest absolute Gasteiger partial charge is 0.312 e. The van der Waals surface area contributed by atoms with Gasteiger partial charge >= 0.3 is 0 Å². The van der Waals surface area contributed by atoms with Crippen LogP contribution in [-0.4, -0.2) is 12.0 Å². The fraction of sp³-hybridized carbons (Fsp3) is 0.786. The summed E-state index contributed by atoms with van der Waals surface area (Å²) >= 11 is 1.92. The van der Waals surface area contributed by atoms with Crippen molar-refractivity contribution >= 4 is 11.3 Å². The zero-order chi connectivity index (χ0) is 12.6. The summed E-state index contributed by atoms with van der Waals surface area (Å²) in [4.78, 5) is 6.35. The molecular weight excluding hydrogens is 228 g/mol. The van der Waals surface area contributed by atoms with E-state index in [1.807, 2.05) is 11.3 Å². The zero-order valence-electron chi connectivity index (χ0n) is 11.6. The number of nitrogens with one attached hydrogen (secondary N) is 1. The molecule has 0 saturated heterocycles. The lowest BCUT2D eigenvalue weighted by atomic mass is 9.76. The maximum absolute atomic E-state index is 4.86. The number of hydrogen-bond donors (Lipinski definition) is 1. The molecule has 1 aliphatic rings. The second-order valence-corrected chi connectivity index (χ2v) is 7.52. The average molecular weight is 252 g/mol. The van der Waals surface area contributed by atoms with Crippen molar-refractivity contribution in [2.24, 2.45) is 11.3 Å². The van der Waals surface area contributed by atoms with Gasteiger partial charge in [0.05, 0.1) is 10.7 Å². The monoisotopic (exact) mass is 252 g/mol. The van der Waals surface area contributed by atoms with Gasteiger partial charge in [-0.15, -0.1) is 11.3 Å². The maximum Gasteiger partial charge on any atom is 0.0934 e. The summed E-state index contributed by atoms with van der Waals surface area (Å²) in [6, 6.07) is 0.507. The Bertz CT molecular complexity index is 393. The van der Waals surface area contributed by atoms with Crippen LogP contribution < -0.4 is 5.32 Å². The molecule has 2 rings (SSSR count). The molecule has 1 aliphatic carbocycles. The molecule has 2 nitrogen and oxygen atoms in total. The van der Waals surface area contributed by atoms with Gasteiger partial charge in [0.25, 0.3) is 0 Å². The van der Waals surface area contributed by atoms with Gasteiger partial charge in [-0.2, -0.15) is 0 Å². The third-order valence-corrected chi connectivity index (χ3v) is 4.66. The maximum atomic E-state index is 4.86. The lowest BCUT2D eigenvalue weighted by Crippen LogP contribution is -2.30. The van der Waals surface area contributed by atoms with Gasteiger partial charge in [-0.3, -0.25) is 0 Å². The highest BCUT2D eigenvalue weighted by Crippen LogP contribution is 2.43. The van der Waals surface area contributed by atoms with Gasteiger partial charge in [0.15, 0.2) is 0 Å². The van der Waals surface area contributed by atoms with Gasteiger partial charge in [0.2, 0.25) is 0 Å². The van der Waals surface area contributed by atoms with Crippen molar-refractivity contribution in [3.63, 3.8) is 0 Å². The van der Waals surface area contributed by atoms with E-state index < -0.39 is 0 Å². The van der Waals surface area contributed by atoms with Crippen LogP contribution in [0.15, 0.2) is 0 Å². The standard InChI is InChI=1S/C14H24N2S/c1-9(2)6-12-16-11-8-14(3,4)7-10(15-5)13(11)17-12/h9-10,15H,6-8H2,1-5H3. The van der Waals surface area contributed by atoms with Crippen LogP contribution in [-0.2, 0) is 12.8 Å². The predicted octanol–water partition coefficient (Wildman–Crippen LogP) is 3.57. The van der Waals surface area contributed by atoms with Crippen LogP contribution in [0.1, 0.15) is 55.7 Å². The summed E-state index contributed by atoms with van der Waals surface area (Å²) < 4.78 is 0. The molecule has 0 bridgehead atoms. The smallest absolute Gasteiger partial charge is 0.0934 e. The van der Waals surface area contributed by atoms with Crippen molar-refractivity contribution in [1.29, 1.82) is 0 Å². The van der Waals surface area contributed by atoms with Crippen molar-refractivity contribution in [3.05, 3.63) is 15.6 Å². The molecule has 0 amide bonds. The quantitative estimate of drug-likeness (QED) is 0.889. The van der Waals surface area contributed by atoms with Gasteiger partial charge in [-0.25, -0.2) is 4.98 Å². The fourth-order valence-corrected chi connectivity index (χ4v) is 4.06. The first kappa shape index (κ1) is 13.0. The molecule has 1 atom stereocenters. The fourth-order valence-electron chi connectivity index (χ4n) is 2.65. The summed E-state index contributed by atoms with van der Waals surface area (Å²) in [6.45, 7) is 9.23. The predicted molar refractivity (Wildman–Crippen MR) is 74.6 cm³/mol. The number of aromatic nitrogens is 1. The van der Waals surface area contributed by atoms with Crippen LogP contribution in [0.4, 0.5) is 0 Å². The van der Waals surface area contributed by atoms with Crippen molar-refractivity contribution in [2.45, 2.75) is 53.0 Å². The molecule has 1 aromatic heterocycles. The first-order valence-corrected chi connectivity index (χ1v) is 7.38. The van der Waals surface area contributed by atoms with E-state index in [1.54, 1.807) is 0 Å². The minimum atomic E-state index is 0.379. The number of thiazole rings is 1. The van der Waals surface area contributed by atoms with E-state index in [1.165, 1.54) is 22.0 Å². The molecule has 0 aliphatic heterocycles. The number of fused-ring (bicyclic) bond motifs is 1. The van der Waals surface area contributed by atoms with E-state index in [9.17, 15) is 0 Å². The molecule has 0 aromatic carbocycles. The summed E-state index contributed by atoms with van der Waals surface area (Å²) in [6.07, 6.45) is 3.48. The number of rotatable bonds is 3. The van der Waals surface area contributed by atoms with Crippen molar-refractivity contribution in [2.75, 3.05) is 7.05 Å². The van der Waals surface area contributed by atoms with Crippen LogP contribution in [0.3, 0.4) is 0 Å². The Kier molecular flexibility index (Phi) is 3.60. The van der Waals surface area contributed by atoms with E-state index in [4.69, 9.17) is 4.98 Å². The molecule has 17 heavy (non-hydrogen) atoms. The molecule has 3 heteroatoms. The number of hydrogen-bond acceptors (Lipinski definition) is 3. The molecule has 1 aromatic rings. The molecule has 1 heterocycles. The topological polar surface area (TPSA) is 24.9 Å². The van der Waals surface area contributed by atoms with Crippen molar-refractivity contribution in [3.8, 4) is 0 Å². The van der Waals surface area contributed by atoms with Gasteiger partial charge in [-0.1, -0.05) is 27.7 Å². The first-order valence-electron chi connectivity index (χ1n) is 6.57. The third kappa shape index (κ3) is 2.89. The van der Waals surface area contributed by atoms with E-state index in [0.717, 1.165) is 12.8 Å². The molecule has 0 radical (unpaired) electrons. The Balaban J connectivity index is 2.29. The molecular formula is C14H24N2S. The highest BCUT2D eigenvalue weighted by molar-refractivity contribution is 7.11. The van der Waals surface area contributed by atoms with Gasteiger partial charge in [0.1, 0.15) is 0 Å². The Morgan fingerprint density at radius 3 is 2.76 bits per heavy atom. The average Bonchev–Trinajstić information content (AvgIpc) is 2.55. The minimum absolute atomic E-state index is 0.379. The van der Waals surface area contributed by atoms with E-state index >= 15 is 0 Å². The Morgan fingerprint density at radius 1 is 1.47 bits per heavy atom. The molecule has 0 fully saturated rings. The second kappa shape index (κ2) is 4.69. The van der Waals surface area contributed by atoms with Crippen LogP contribution in [0.25, 0.3) is 0 Å². The molecule has 1 N–H and O–H groups in total. The SMILES string of the molecule is CNC1CC(C)(C)Cc2nc(CC(C)C)sc21. The summed E-state index contributed by atoms with van der Waals surface area (Å²) in [5, 5.41) is 4.77. The van der Waals surface area contributed by atoms with Crippen LogP contribution in [0.5, 0.6) is 0 Å². The Labute approximate surface area is 109 Å². The van der Waals surface area contributed by atoms with Crippen LogP contribution in [0.2, 0.25) is 0 Å². The van der Waals surface area contributed by atoms with Gasteiger partial charge in [0, 0.05) is 17.3 Å². The second-order valence-electron chi connectivity index (χ2n) is 6.40. The highest BCUT2D eigenvalue weighted by Gasteiger charge is 2.34. The molecule has 0 saturated carbocycles. The summed E-state index contributed by atoms with van der Waals surface area (Å²) in [5.74, 6) is 0.698.